The third-order valence-electron chi connectivity index (χ3n) is 4.79. The molecule has 114 valence electrons. The molecule has 1 aliphatic rings. The van der Waals surface area contributed by atoms with Crippen LogP contribution in [0.15, 0.2) is 18.2 Å². The fraction of sp³-hybridized carbons (Fsp3) is 0.588. The summed E-state index contributed by atoms with van der Waals surface area (Å²) in [7, 11) is 1.69. The van der Waals surface area contributed by atoms with E-state index >= 15 is 0 Å². The molecule has 1 aromatic carbocycles. The Balaban J connectivity index is 1.77. The smallest absolute Gasteiger partial charge is 0.178 e. The number of nitrogens with one attached hydrogen (secondary N) is 1. The second kappa shape index (κ2) is 6.22. The maximum atomic E-state index is 5.49. The van der Waals surface area contributed by atoms with Crippen molar-refractivity contribution in [1.82, 2.24) is 9.55 Å². The monoisotopic (exact) mass is 304 g/mol. The lowest BCUT2D eigenvalue weighted by atomic mass is 9.81. The molecule has 0 saturated heterocycles. The molecule has 0 aliphatic heterocycles. The SMILES string of the molecule is COc1ccc2c(c1)[nH]c(=S)n2CCC1CCCC(C)C1. The summed E-state index contributed by atoms with van der Waals surface area (Å²) < 4.78 is 8.34. The highest BCUT2D eigenvalue weighted by Gasteiger charge is 2.19. The first-order valence-electron chi connectivity index (χ1n) is 7.94. The van der Waals surface area contributed by atoms with Gasteiger partial charge in [0.15, 0.2) is 4.77 Å². The number of hydrogen-bond donors (Lipinski definition) is 1. The molecule has 1 fully saturated rings. The van der Waals surface area contributed by atoms with Crippen LogP contribution in [0.2, 0.25) is 0 Å². The summed E-state index contributed by atoms with van der Waals surface area (Å²) in [5.41, 5.74) is 2.25. The molecule has 1 saturated carbocycles. The quantitative estimate of drug-likeness (QED) is 0.812. The normalized spacial score (nSPS) is 22.6. The van der Waals surface area contributed by atoms with Crippen molar-refractivity contribution in [2.45, 2.75) is 45.6 Å². The predicted molar refractivity (Wildman–Crippen MR) is 89.4 cm³/mol. The third kappa shape index (κ3) is 3.15. The van der Waals surface area contributed by atoms with Gasteiger partial charge in [-0.2, -0.15) is 0 Å². The van der Waals surface area contributed by atoms with Crippen molar-refractivity contribution in [1.29, 1.82) is 0 Å². The molecule has 1 aliphatic carbocycles. The Kier molecular flexibility index (Phi) is 4.34. The van der Waals surface area contributed by atoms with E-state index in [1.807, 2.05) is 12.1 Å². The Hall–Kier alpha value is -1.29. The molecule has 1 N–H and O–H groups in total. The lowest BCUT2D eigenvalue weighted by Crippen LogP contribution is -2.15. The second-order valence-electron chi connectivity index (χ2n) is 6.39. The molecule has 2 atom stereocenters. The zero-order valence-electron chi connectivity index (χ0n) is 12.9. The van der Waals surface area contributed by atoms with E-state index in [1.165, 1.54) is 37.6 Å². The number of nitrogens with zero attached hydrogens (tertiary/aromatic N) is 1. The first-order chi connectivity index (χ1) is 10.2. The van der Waals surface area contributed by atoms with Crippen LogP contribution in [0.1, 0.15) is 39.0 Å². The van der Waals surface area contributed by atoms with Crippen LogP contribution < -0.4 is 4.74 Å². The lowest BCUT2D eigenvalue weighted by Gasteiger charge is -2.26. The van der Waals surface area contributed by atoms with Crippen LogP contribution in [0, 0.1) is 16.6 Å². The standard InChI is InChI=1S/C17H24N2OS/c1-12-4-3-5-13(10-12)8-9-19-16-7-6-14(20-2)11-15(16)18-17(19)21/h6-7,11-13H,3-5,8-10H2,1-2H3,(H,18,21). The van der Waals surface area contributed by atoms with Crippen LogP contribution in [0.5, 0.6) is 5.75 Å². The topological polar surface area (TPSA) is 29.9 Å². The number of methoxy groups -OCH3 is 1. The van der Waals surface area contributed by atoms with Crippen molar-refractivity contribution in [2.24, 2.45) is 11.8 Å². The van der Waals surface area contributed by atoms with Gasteiger partial charge in [0.1, 0.15) is 5.75 Å². The van der Waals surface area contributed by atoms with Crippen molar-refractivity contribution >= 4 is 23.3 Å². The van der Waals surface area contributed by atoms with Crippen molar-refractivity contribution in [3.63, 3.8) is 0 Å². The number of aryl methyl sites for hydroxylation is 1. The number of ether oxygens (including phenoxy) is 1. The Labute approximate surface area is 131 Å². The molecule has 3 rings (SSSR count). The molecule has 2 aromatic rings. The summed E-state index contributed by atoms with van der Waals surface area (Å²) in [4.78, 5) is 3.30. The second-order valence-corrected chi connectivity index (χ2v) is 6.78. The van der Waals surface area contributed by atoms with Crippen LogP contribution in [-0.4, -0.2) is 16.7 Å². The fourth-order valence-electron chi connectivity index (χ4n) is 3.63. The summed E-state index contributed by atoms with van der Waals surface area (Å²) >= 11 is 5.49. The molecule has 0 amide bonds. The van der Waals surface area contributed by atoms with Crippen LogP contribution >= 0.6 is 12.2 Å². The van der Waals surface area contributed by atoms with E-state index in [1.54, 1.807) is 7.11 Å². The number of aromatic amines is 1. The van der Waals surface area contributed by atoms with Crippen LogP contribution in [-0.2, 0) is 6.54 Å². The maximum Gasteiger partial charge on any atom is 0.178 e. The minimum Gasteiger partial charge on any atom is -0.497 e. The number of benzene rings is 1. The average molecular weight is 304 g/mol. The predicted octanol–water partition coefficient (Wildman–Crippen LogP) is 4.92. The third-order valence-corrected chi connectivity index (χ3v) is 5.11. The van der Waals surface area contributed by atoms with Gasteiger partial charge in [0.05, 0.1) is 18.1 Å². The summed E-state index contributed by atoms with van der Waals surface area (Å²) in [6.45, 7) is 3.40. The van der Waals surface area contributed by atoms with Gasteiger partial charge in [0.25, 0.3) is 0 Å². The summed E-state index contributed by atoms with van der Waals surface area (Å²) in [5, 5.41) is 0. The van der Waals surface area contributed by atoms with E-state index in [0.29, 0.717) is 0 Å². The minimum atomic E-state index is 0.821. The van der Waals surface area contributed by atoms with E-state index in [2.05, 4.69) is 22.5 Å². The fourth-order valence-corrected chi connectivity index (χ4v) is 3.92. The number of fused-ring (bicyclic) bond motifs is 1. The molecule has 1 aromatic heterocycles. The van der Waals surface area contributed by atoms with Crippen molar-refractivity contribution < 1.29 is 4.74 Å². The largest absolute Gasteiger partial charge is 0.497 e. The minimum absolute atomic E-state index is 0.821. The van der Waals surface area contributed by atoms with Crippen molar-refractivity contribution in [3.05, 3.63) is 23.0 Å². The summed E-state index contributed by atoms with van der Waals surface area (Å²) in [6, 6.07) is 6.12. The lowest BCUT2D eigenvalue weighted by molar-refractivity contribution is 0.261. The number of aromatic nitrogens is 2. The van der Waals surface area contributed by atoms with Gasteiger partial charge in [-0.25, -0.2) is 0 Å². The molecule has 1 heterocycles. The molecule has 4 heteroatoms. The van der Waals surface area contributed by atoms with E-state index < -0.39 is 0 Å². The van der Waals surface area contributed by atoms with Crippen LogP contribution in [0.25, 0.3) is 11.0 Å². The van der Waals surface area contributed by atoms with Crippen molar-refractivity contribution in [2.75, 3.05) is 7.11 Å². The van der Waals surface area contributed by atoms with Crippen molar-refractivity contribution in [3.8, 4) is 5.75 Å². The molecule has 0 spiro atoms. The van der Waals surface area contributed by atoms with E-state index in [-0.39, 0.29) is 0 Å². The zero-order chi connectivity index (χ0) is 14.8. The highest BCUT2D eigenvalue weighted by molar-refractivity contribution is 7.71. The first kappa shape index (κ1) is 14.6. The van der Waals surface area contributed by atoms with Crippen LogP contribution in [0.4, 0.5) is 0 Å². The van der Waals surface area contributed by atoms with Gasteiger partial charge in [-0.15, -0.1) is 0 Å². The highest BCUT2D eigenvalue weighted by atomic mass is 32.1. The molecular weight excluding hydrogens is 280 g/mol. The number of H-pyrrole nitrogens is 1. The first-order valence-corrected chi connectivity index (χ1v) is 8.34. The summed E-state index contributed by atoms with van der Waals surface area (Å²) in [5.74, 6) is 2.62. The Morgan fingerprint density at radius 1 is 1.38 bits per heavy atom. The van der Waals surface area contributed by atoms with Gasteiger partial charge in [-0.3, -0.25) is 0 Å². The van der Waals surface area contributed by atoms with Gasteiger partial charge in [0, 0.05) is 12.6 Å². The van der Waals surface area contributed by atoms with Gasteiger partial charge in [0.2, 0.25) is 0 Å². The van der Waals surface area contributed by atoms with E-state index in [4.69, 9.17) is 17.0 Å². The van der Waals surface area contributed by atoms with Gasteiger partial charge in [-0.1, -0.05) is 26.2 Å². The number of imidazole rings is 1. The molecule has 0 radical (unpaired) electrons. The van der Waals surface area contributed by atoms with Gasteiger partial charge in [-0.05, 0) is 49.0 Å². The molecular formula is C17H24N2OS. The van der Waals surface area contributed by atoms with E-state index in [9.17, 15) is 0 Å². The Bertz CT molecular complexity index is 673. The molecule has 3 nitrogen and oxygen atoms in total. The van der Waals surface area contributed by atoms with Gasteiger partial charge < -0.3 is 14.3 Å². The molecule has 0 bridgehead atoms. The molecule has 2 unspecified atom stereocenters. The Morgan fingerprint density at radius 3 is 3.00 bits per heavy atom. The van der Waals surface area contributed by atoms with Gasteiger partial charge >= 0.3 is 0 Å². The maximum absolute atomic E-state index is 5.49. The zero-order valence-corrected chi connectivity index (χ0v) is 13.7. The van der Waals surface area contributed by atoms with Crippen LogP contribution in [0.3, 0.4) is 0 Å². The number of rotatable bonds is 4. The number of hydrogen-bond acceptors (Lipinski definition) is 2. The van der Waals surface area contributed by atoms with E-state index in [0.717, 1.165) is 34.4 Å². The average Bonchev–Trinajstić information content (AvgIpc) is 2.79. The Morgan fingerprint density at radius 2 is 2.24 bits per heavy atom. The summed E-state index contributed by atoms with van der Waals surface area (Å²) in [6.07, 6.45) is 6.79. The highest BCUT2D eigenvalue weighted by Crippen LogP contribution is 2.31. The molecule has 21 heavy (non-hydrogen) atoms.